The van der Waals surface area contributed by atoms with Crippen LogP contribution in [0.4, 0.5) is 0 Å². The molecule has 1 aromatic heterocycles. The smallest absolute Gasteiger partial charge is 0.155 e. The summed E-state index contributed by atoms with van der Waals surface area (Å²) >= 11 is 5.21. The first kappa shape index (κ1) is 11.1. The van der Waals surface area contributed by atoms with Crippen LogP contribution in [0.5, 0.6) is 0 Å². The van der Waals surface area contributed by atoms with Crippen LogP contribution < -0.4 is 0 Å². The summed E-state index contributed by atoms with van der Waals surface area (Å²) in [6, 6.07) is 4.20. The zero-order valence-electron chi connectivity index (χ0n) is 8.46. The molecule has 1 aliphatic carbocycles. The molecule has 1 aromatic rings. The lowest BCUT2D eigenvalue weighted by Gasteiger charge is -2.01. The van der Waals surface area contributed by atoms with E-state index < -0.39 is 0 Å². The van der Waals surface area contributed by atoms with Gasteiger partial charge in [-0.05, 0) is 53.4 Å². The molecule has 80 valence electrons. The second-order valence-corrected chi connectivity index (χ2v) is 6.41. The normalized spacial score (nSPS) is 17.4. The zero-order valence-corrected chi connectivity index (χ0v) is 10.9. The maximum Gasteiger partial charge on any atom is 0.155 e. The highest BCUT2D eigenvalue weighted by Crippen LogP contribution is 2.26. The van der Waals surface area contributed by atoms with Crippen LogP contribution in [0.25, 0.3) is 0 Å². The summed E-state index contributed by atoms with van der Waals surface area (Å²) in [6.45, 7) is 0. The number of hydrogen-bond acceptors (Lipinski definition) is 2. The summed E-state index contributed by atoms with van der Waals surface area (Å²) in [6.07, 6.45) is 6.83. The molecule has 0 aromatic carbocycles. The van der Waals surface area contributed by atoms with Crippen LogP contribution >= 0.6 is 27.3 Å². The van der Waals surface area contributed by atoms with Gasteiger partial charge in [-0.15, -0.1) is 11.3 Å². The van der Waals surface area contributed by atoms with Gasteiger partial charge in [-0.2, -0.15) is 0 Å². The maximum atomic E-state index is 11.4. The third-order valence-corrected chi connectivity index (χ3v) is 4.19. The third kappa shape index (κ3) is 3.28. The van der Waals surface area contributed by atoms with Gasteiger partial charge >= 0.3 is 0 Å². The Morgan fingerprint density at radius 3 is 2.80 bits per heavy atom. The standard InChI is InChI=1S/C12H13BrOS/c13-12-6-5-11(15-12)8-9-3-1-2-4-10(14)7-9/h5-7H,1-4,8H2. The van der Waals surface area contributed by atoms with E-state index in [9.17, 15) is 4.79 Å². The zero-order chi connectivity index (χ0) is 10.7. The maximum absolute atomic E-state index is 11.4. The summed E-state index contributed by atoms with van der Waals surface area (Å²) in [7, 11) is 0. The van der Waals surface area contributed by atoms with Gasteiger partial charge in [0.2, 0.25) is 0 Å². The van der Waals surface area contributed by atoms with E-state index in [2.05, 4.69) is 28.1 Å². The Labute approximate surface area is 102 Å². The number of carbonyl (C=O) groups is 1. The van der Waals surface area contributed by atoms with Gasteiger partial charge in [0.05, 0.1) is 3.79 Å². The van der Waals surface area contributed by atoms with Crippen molar-refractivity contribution in [1.29, 1.82) is 0 Å². The predicted molar refractivity (Wildman–Crippen MR) is 67.3 cm³/mol. The molecule has 0 N–H and O–H groups in total. The van der Waals surface area contributed by atoms with E-state index in [0.717, 1.165) is 35.9 Å². The molecule has 0 aliphatic heterocycles. The molecule has 0 radical (unpaired) electrons. The number of ketones is 1. The highest BCUT2D eigenvalue weighted by atomic mass is 79.9. The molecule has 0 spiro atoms. The van der Waals surface area contributed by atoms with Crippen molar-refractivity contribution >= 4 is 33.0 Å². The molecule has 1 heterocycles. The molecule has 15 heavy (non-hydrogen) atoms. The van der Waals surface area contributed by atoms with Crippen molar-refractivity contribution in [2.24, 2.45) is 0 Å². The Morgan fingerprint density at radius 2 is 2.07 bits per heavy atom. The number of carbonyl (C=O) groups excluding carboxylic acids is 1. The van der Waals surface area contributed by atoms with Crippen molar-refractivity contribution in [2.75, 3.05) is 0 Å². The number of hydrogen-bond donors (Lipinski definition) is 0. The highest BCUT2D eigenvalue weighted by Gasteiger charge is 2.09. The summed E-state index contributed by atoms with van der Waals surface area (Å²) in [5, 5.41) is 0. The molecule has 0 atom stereocenters. The lowest BCUT2D eigenvalue weighted by Crippen LogP contribution is -1.92. The van der Waals surface area contributed by atoms with E-state index in [1.807, 2.05) is 6.08 Å². The molecule has 1 nitrogen and oxygen atoms in total. The summed E-state index contributed by atoms with van der Waals surface area (Å²) < 4.78 is 1.16. The number of rotatable bonds is 2. The van der Waals surface area contributed by atoms with E-state index >= 15 is 0 Å². The summed E-state index contributed by atoms with van der Waals surface area (Å²) in [4.78, 5) is 12.7. The Balaban J connectivity index is 2.07. The van der Waals surface area contributed by atoms with Crippen LogP contribution in [0.2, 0.25) is 0 Å². The molecule has 1 aliphatic rings. The number of halogens is 1. The minimum atomic E-state index is 0.304. The Hall–Kier alpha value is -0.410. The topological polar surface area (TPSA) is 17.1 Å². The lowest BCUT2D eigenvalue weighted by molar-refractivity contribution is -0.114. The van der Waals surface area contributed by atoms with Crippen LogP contribution in [-0.2, 0) is 11.2 Å². The average molecular weight is 285 g/mol. The molecular formula is C12H13BrOS. The third-order valence-electron chi connectivity index (χ3n) is 2.57. The summed E-state index contributed by atoms with van der Waals surface area (Å²) in [5.41, 5.74) is 1.30. The molecular weight excluding hydrogens is 272 g/mol. The van der Waals surface area contributed by atoms with Crippen molar-refractivity contribution in [2.45, 2.75) is 32.1 Å². The molecule has 0 saturated carbocycles. The van der Waals surface area contributed by atoms with Crippen LogP contribution in [0, 0.1) is 0 Å². The molecule has 2 rings (SSSR count). The van der Waals surface area contributed by atoms with Gasteiger partial charge < -0.3 is 0 Å². The van der Waals surface area contributed by atoms with Gasteiger partial charge in [-0.3, -0.25) is 4.79 Å². The SMILES string of the molecule is O=C1C=C(Cc2ccc(Br)s2)CCCC1. The van der Waals surface area contributed by atoms with E-state index in [-0.39, 0.29) is 0 Å². The fourth-order valence-corrected chi connectivity index (χ4v) is 3.37. The average Bonchev–Trinajstić information content (AvgIpc) is 2.46. The Kier molecular flexibility index (Phi) is 3.76. The van der Waals surface area contributed by atoms with Gasteiger partial charge in [0.25, 0.3) is 0 Å². The van der Waals surface area contributed by atoms with Crippen LogP contribution in [0.3, 0.4) is 0 Å². The summed E-state index contributed by atoms with van der Waals surface area (Å²) in [5.74, 6) is 0.304. The van der Waals surface area contributed by atoms with Crippen molar-refractivity contribution in [3.63, 3.8) is 0 Å². The van der Waals surface area contributed by atoms with Crippen LogP contribution in [0.15, 0.2) is 27.6 Å². The quantitative estimate of drug-likeness (QED) is 0.798. The Morgan fingerprint density at radius 1 is 1.27 bits per heavy atom. The van der Waals surface area contributed by atoms with E-state index in [1.54, 1.807) is 11.3 Å². The molecule has 3 heteroatoms. The van der Waals surface area contributed by atoms with E-state index in [4.69, 9.17) is 0 Å². The van der Waals surface area contributed by atoms with E-state index in [1.165, 1.54) is 10.5 Å². The van der Waals surface area contributed by atoms with Crippen molar-refractivity contribution in [3.8, 4) is 0 Å². The lowest BCUT2D eigenvalue weighted by atomic mass is 10.1. The van der Waals surface area contributed by atoms with Gasteiger partial charge in [0.1, 0.15) is 0 Å². The van der Waals surface area contributed by atoms with Gasteiger partial charge in [0, 0.05) is 17.7 Å². The second kappa shape index (κ2) is 5.08. The van der Waals surface area contributed by atoms with Gasteiger partial charge in [-0.25, -0.2) is 0 Å². The van der Waals surface area contributed by atoms with Crippen molar-refractivity contribution < 1.29 is 4.79 Å². The fourth-order valence-electron chi connectivity index (χ4n) is 1.83. The van der Waals surface area contributed by atoms with Gasteiger partial charge in [-0.1, -0.05) is 5.57 Å². The van der Waals surface area contributed by atoms with Crippen molar-refractivity contribution in [3.05, 3.63) is 32.4 Å². The molecule has 0 amide bonds. The number of allylic oxidation sites excluding steroid dienone is 2. The predicted octanol–water partition coefficient (Wildman–Crippen LogP) is 4.12. The second-order valence-electron chi connectivity index (χ2n) is 3.86. The number of thiophene rings is 1. The monoisotopic (exact) mass is 284 g/mol. The first-order valence-corrected chi connectivity index (χ1v) is 6.81. The molecule has 0 unspecified atom stereocenters. The fraction of sp³-hybridized carbons (Fsp3) is 0.417. The minimum Gasteiger partial charge on any atom is -0.295 e. The van der Waals surface area contributed by atoms with E-state index in [0.29, 0.717) is 5.78 Å². The van der Waals surface area contributed by atoms with Gasteiger partial charge in [0.15, 0.2) is 5.78 Å². The van der Waals surface area contributed by atoms with Crippen molar-refractivity contribution in [1.82, 2.24) is 0 Å². The van der Waals surface area contributed by atoms with Crippen LogP contribution in [-0.4, -0.2) is 5.78 Å². The highest BCUT2D eigenvalue weighted by molar-refractivity contribution is 9.11. The molecule has 0 bridgehead atoms. The molecule has 0 fully saturated rings. The first-order chi connectivity index (χ1) is 7.24. The Bertz CT molecular complexity index is 392. The first-order valence-electron chi connectivity index (χ1n) is 5.20. The minimum absolute atomic E-state index is 0.304. The molecule has 0 saturated heterocycles. The largest absolute Gasteiger partial charge is 0.295 e. The van der Waals surface area contributed by atoms with Crippen LogP contribution in [0.1, 0.15) is 30.6 Å².